The van der Waals surface area contributed by atoms with Crippen molar-refractivity contribution in [2.75, 3.05) is 0 Å². The molecule has 0 radical (unpaired) electrons. The van der Waals surface area contributed by atoms with Crippen molar-refractivity contribution in [2.24, 2.45) is 0 Å². The fraction of sp³-hybridized carbons (Fsp3) is 0.375. The molecule has 0 saturated heterocycles. The minimum absolute atomic E-state index is 1.11. The van der Waals surface area contributed by atoms with Crippen LogP contribution in [0.2, 0.25) is 0 Å². The largest absolute Gasteiger partial charge is 0.0984 e. The topological polar surface area (TPSA) is 0 Å². The molecule has 0 N–H and O–H groups in total. The fourth-order valence-corrected chi connectivity index (χ4v) is 1.84. The smallest absolute Gasteiger partial charge is 0.0126 e. The Kier molecular flexibility index (Phi) is 7.28. The summed E-state index contributed by atoms with van der Waals surface area (Å²) in [6.45, 7) is 15.9. The van der Waals surface area contributed by atoms with E-state index in [-0.39, 0.29) is 0 Å². The highest BCUT2D eigenvalue weighted by molar-refractivity contribution is 5.78. The van der Waals surface area contributed by atoms with Crippen molar-refractivity contribution in [3.8, 4) is 0 Å². The number of rotatable bonds is 1. The second-order valence-corrected chi connectivity index (χ2v) is 3.19. The van der Waals surface area contributed by atoms with Crippen LogP contribution in [-0.4, -0.2) is 0 Å². The van der Waals surface area contributed by atoms with Gasteiger partial charge in [0.15, 0.2) is 0 Å². The third-order valence-electron chi connectivity index (χ3n) is 2.45. The van der Waals surface area contributed by atoms with E-state index in [9.17, 15) is 0 Å². The molecule has 1 aliphatic rings. The van der Waals surface area contributed by atoms with Crippen LogP contribution in [0.4, 0.5) is 0 Å². The molecule has 0 nitrogen and oxygen atoms in total. The van der Waals surface area contributed by atoms with E-state index in [0.29, 0.717) is 0 Å². The number of allylic oxidation sites excluding steroid dienone is 1. The molecular formula is C16H24. The normalized spacial score (nSPS) is 11.6. The summed E-state index contributed by atoms with van der Waals surface area (Å²) in [5.74, 6) is 0. The van der Waals surface area contributed by atoms with Gasteiger partial charge in [0, 0.05) is 0 Å². The van der Waals surface area contributed by atoms with Gasteiger partial charge in [0.25, 0.3) is 0 Å². The van der Waals surface area contributed by atoms with Gasteiger partial charge in [-0.3, -0.25) is 0 Å². The van der Waals surface area contributed by atoms with Crippen molar-refractivity contribution >= 4 is 11.6 Å². The van der Waals surface area contributed by atoms with E-state index in [2.05, 4.69) is 31.4 Å². The number of aryl methyl sites for hydroxylation is 1. The Morgan fingerprint density at radius 2 is 1.69 bits per heavy atom. The molecule has 0 amide bonds. The minimum atomic E-state index is 1.11. The quantitative estimate of drug-likeness (QED) is 0.594. The standard InChI is InChI=1S/C12H12.2C2H6/c1-3-10-5-4-6-11-8-7-9(2)12(10)11;2*1-2/h3-6H,1-2,7-8H2;2*1-2H3. The van der Waals surface area contributed by atoms with Gasteiger partial charge in [-0.05, 0) is 35.1 Å². The van der Waals surface area contributed by atoms with Crippen molar-refractivity contribution in [3.63, 3.8) is 0 Å². The van der Waals surface area contributed by atoms with E-state index in [1.807, 2.05) is 33.8 Å². The lowest BCUT2D eigenvalue weighted by Gasteiger charge is -2.03. The molecule has 1 aliphatic carbocycles. The van der Waals surface area contributed by atoms with Crippen LogP contribution in [0.1, 0.15) is 50.8 Å². The molecule has 0 heteroatoms. The number of fused-ring (bicyclic) bond motifs is 1. The van der Waals surface area contributed by atoms with Crippen LogP contribution in [-0.2, 0) is 6.42 Å². The van der Waals surface area contributed by atoms with Crippen molar-refractivity contribution in [1.82, 2.24) is 0 Å². The van der Waals surface area contributed by atoms with Crippen LogP contribution in [0.5, 0.6) is 0 Å². The summed E-state index contributed by atoms with van der Waals surface area (Å²) in [6, 6.07) is 6.37. The summed E-state index contributed by atoms with van der Waals surface area (Å²) < 4.78 is 0. The highest BCUT2D eigenvalue weighted by Gasteiger charge is 2.15. The summed E-state index contributed by atoms with van der Waals surface area (Å²) in [5.41, 5.74) is 5.26. The molecule has 2 rings (SSSR count). The number of hydrogen-bond donors (Lipinski definition) is 0. The van der Waals surface area contributed by atoms with Gasteiger partial charge < -0.3 is 0 Å². The molecular weight excluding hydrogens is 192 g/mol. The van der Waals surface area contributed by atoms with Gasteiger partial charge in [0.2, 0.25) is 0 Å². The predicted molar refractivity (Wildman–Crippen MR) is 76.6 cm³/mol. The van der Waals surface area contributed by atoms with Gasteiger partial charge in [-0.2, -0.15) is 0 Å². The van der Waals surface area contributed by atoms with E-state index in [1.165, 1.54) is 22.3 Å². The van der Waals surface area contributed by atoms with Gasteiger partial charge in [-0.15, -0.1) is 0 Å². The highest BCUT2D eigenvalue weighted by atomic mass is 14.2. The maximum absolute atomic E-state index is 4.06. The van der Waals surface area contributed by atoms with Crippen molar-refractivity contribution in [1.29, 1.82) is 0 Å². The zero-order valence-electron chi connectivity index (χ0n) is 11.1. The minimum Gasteiger partial charge on any atom is -0.0984 e. The van der Waals surface area contributed by atoms with E-state index in [4.69, 9.17) is 0 Å². The summed E-state index contributed by atoms with van der Waals surface area (Å²) in [5, 5.41) is 0. The van der Waals surface area contributed by atoms with E-state index >= 15 is 0 Å². The van der Waals surface area contributed by atoms with Gasteiger partial charge in [-0.25, -0.2) is 0 Å². The summed E-state index contributed by atoms with van der Waals surface area (Å²) in [6.07, 6.45) is 4.17. The Bertz CT molecular complexity index is 345. The molecule has 0 bridgehead atoms. The Labute approximate surface area is 101 Å². The molecule has 0 saturated carbocycles. The number of benzene rings is 1. The monoisotopic (exact) mass is 216 g/mol. The van der Waals surface area contributed by atoms with Crippen LogP contribution in [0.25, 0.3) is 11.6 Å². The first-order valence-electron chi connectivity index (χ1n) is 6.25. The number of hydrogen-bond acceptors (Lipinski definition) is 0. The highest BCUT2D eigenvalue weighted by Crippen LogP contribution is 2.33. The van der Waals surface area contributed by atoms with Crippen molar-refractivity contribution in [3.05, 3.63) is 48.0 Å². The van der Waals surface area contributed by atoms with Crippen LogP contribution in [0, 0.1) is 0 Å². The average Bonchev–Trinajstić information content (AvgIpc) is 2.76. The van der Waals surface area contributed by atoms with Crippen molar-refractivity contribution < 1.29 is 0 Å². The molecule has 1 aromatic rings. The molecule has 0 aromatic heterocycles. The Morgan fingerprint density at radius 3 is 2.25 bits per heavy atom. The zero-order valence-corrected chi connectivity index (χ0v) is 11.1. The van der Waals surface area contributed by atoms with Crippen LogP contribution >= 0.6 is 0 Å². The predicted octanol–water partition coefficient (Wildman–Crippen LogP) is 5.34. The molecule has 0 spiro atoms. The van der Waals surface area contributed by atoms with Crippen molar-refractivity contribution in [2.45, 2.75) is 40.5 Å². The molecule has 1 aromatic carbocycles. The molecule has 0 fully saturated rings. The first-order chi connectivity index (χ1) is 7.83. The first kappa shape index (κ1) is 14.7. The Balaban J connectivity index is 0.000000509. The lowest BCUT2D eigenvalue weighted by atomic mass is 10.0. The second kappa shape index (κ2) is 7.92. The molecule has 0 atom stereocenters. The molecule has 16 heavy (non-hydrogen) atoms. The third kappa shape index (κ3) is 3.10. The van der Waals surface area contributed by atoms with E-state index in [1.54, 1.807) is 0 Å². The molecule has 0 unspecified atom stereocenters. The van der Waals surface area contributed by atoms with Gasteiger partial charge in [0.1, 0.15) is 0 Å². The summed E-state index contributed by atoms with van der Waals surface area (Å²) >= 11 is 0. The lowest BCUT2D eigenvalue weighted by Crippen LogP contribution is -1.84. The van der Waals surface area contributed by atoms with Crippen LogP contribution < -0.4 is 0 Å². The van der Waals surface area contributed by atoms with Crippen LogP contribution in [0.15, 0.2) is 31.4 Å². The van der Waals surface area contributed by atoms with Gasteiger partial charge >= 0.3 is 0 Å². The van der Waals surface area contributed by atoms with Gasteiger partial charge in [0.05, 0.1) is 0 Å². The zero-order chi connectivity index (χ0) is 12.6. The third-order valence-corrected chi connectivity index (χ3v) is 2.45. The SMILES string of the molecule is C=Cc1cccc2c1C(=C)CC2.CC.CC. The lowest BCUT2D eigenvalue weighted by molar-refractivity contribution is 1.08. The Hall–Kier alpha value is -1.30. The van der Waals surface area contributed by atoms with E-state index < -0.39 is 0 Å². The second-order valence-electron chi connectivity index (χ2n) is 3.19. The summed E-state index contributed by atoms with van der Waals surface area (Å²) in [7, 11) is 0. The molecule has 88 valence electrons. The van der Waals surface area contributed by atoms with Gasteiger partial charge in [-0.1, -0.05) is 65.1 Å². The maximum Gasteiger partial charge on any atom is -0.0126 e. The molecule has 0 heterocycles. The Morgan fingerprint density at radius 1 is 1.06 bits per heavy atom. The first-order valence-corrected chi connectivity index (χ1v) is 6.25. The van der Waals surface area contributed by atoms with E-state index in [0.717, 1.165) is 12.8 Å². The van der Waals surface area contributed by atoms with Crippen LogP contribution in [0.3, 0.4) is 0 Å². The fourth-order valence-electron chi connectivity index (χ4n) is 1.84. The maximum atomic E-state index is 4.06. The molecule has 0 aliphatic heterocycles. The summed E-state index contributed by atoms with van der Waals surface area (Å²) in [4.78, 5) is 0. The average molecular weight is 216 g/mol.